The molecule has 4 aliphatic carbocycles. The zero-order chi connectivity index (χ0) is 77.6. The van der Waals surface area contributed by atoms with Gasteiger partial charge in [-0.3, -0.25) is 9.58 Å². The summed E-state index contributed by atoms with van der Waals surface area (Å²) in [6.45, 7) is 6.66. The van der Waals surface area contributed by atoms with Gasteiger partial charge in [0.25, 0.3) is 0 Å². The predicted octanol–water partition coefficient (Wildman–Crippen LogP) is 20.7. The van der Waals surface area contributed by atoms with Crippen LogP contribution in [-0.4, -0.2) is 151 Å². The second-order valence-corrected chi connectivity index (χ2v) is 32.7. The number of nitrogens with zero attached hydrogens (tertiary/aromatic N) is 4. The molecule has 0 saturated heterocycles. The van der Waals surface area contributed by atoms with Crippen molar-refractivity contribution in [2.75, 3.05) is 81.6 Å². The number of aryl methyl sites for hydroxylation is 5. The van der Waals surface area contributed by atoms with Crippen LogP contribution in [0.1, 0.15) is 148 Å². The lowest BCUT2D eigenvalue weighted by atomic mass is 9.80. The van der Waals surface area contributed by atoms with E-state index in [1.54, 1.807) is 32.3 Å². The molecule has 0 spiro atoms. The fourth-order valence-electron chi connectivity index (χ4n) is 17.2. The Kier molecular flexibility index (Phi) is 27.6. The van der Waals surface area contributed by atoms with Crippen molar-refractivity contribution in [3.63, 3.8) is 0 Å². The van der Waals surface area contributed by atoms with Crippen LogP contribution in [0.4, 0.5) is 0 Å². The largest absolute Gasteiger partial charge is 0.491 e. The standard InChI is InChI=1S/C28H37ClN2O4.C25H27ClN4O2.C20H20BrNO.C19H18BrNO/c1-33-15-13-31(14-16-34-2)18-22(32)19-35-23-10-7-20(8-11-23)24-5-3-4-6-25-26-17-21(29)9-12-27(26)30-28(24)25;1-31-20(13-30-16-27-15-28-30)14-32-19-9-6-17(7-10-19)21-4-2-3-5-22-23-12-18(26)8-11-24(23)29-25(21)22;1-12-3-5-13(6-4-12)19-18(23-2)10-8-15-16-11-14(21)7-9-17(16)22-20(15)19;1-22-17-10-8-14-15-11-13(20)7-9-16(15)21-19(14)18(17)12-5-3-2-4-6-12/h7-12,17,22,24,30,32H,3-6,13-16,18-19H2,1-2H3;6-12,15-16,20-21,29H,2-5,13-14H2,1H3;3-7,9,11,18-19,22H,8,10H2,1-2H3;2-7,9,11,17-18,21H,8,10H2,1H3. The molecule has 0 aliphatic heterocycles. The minimum Gasteiger partial charge on any atom is -0.491 e. The van der Waals surface area contributed by atoms with E-state index in [9.17, 15) is 5.11 Å². The van der Waals surface area contributed by atoms with Gasteiger partial charge in [0, 0.05) is 152 Å². The summed E-state index contributed by atoms with van der Waals surface area (Å²) in [5.41, 5.74) is 22.3. The third-order valence-electron chi connectivity index (χ3n) is 22.9. The highest BCUT2D eigenvalue weighted by atomic mass is 79.9. The molecule has 5 aromatic heterocycles. The summed E-state index contributed by atoms with van der Waals surface area (Å²) < 4.78 is 43.4. The highest BCUT2D eigenvalue weighted by molar-refractivity contribution is 9.10. The minimum absolute atomic E-state index is 0.0982. The number of nitrogens with one attached hydrogen (secondary N) is 4. The van der Waals surface area contributed by atoms with Crippen LogP contribution in [0.2, 0.25) is 10.0 Å². The maximum atomic E-state index is 10.5. The smallest absolute Gasteiger partial charge is 0.137 e. The van der Waals surface area contributed by atoms with Crippen molar-refractivity contribution in [3.8, 4) is 11.5 Å². The molecule has 5 N–H and O–H groups in total. The molecule has 112 heavy (non-hydrogen) atoms. The summed E-state index contributed by atoms with van der Waals surface area (Å²) in [7, 11) is 8.70. The molecule has 0 bridgehead atoms. The van der Waals surface area contributed by atoms with Gasteiger partial charge in [-0.15, -0.1) is 0 Å². The number of rotatable bonds is 23. The molecule has 16 nitrogen and oxygen atoms in total. The summed E-state index contributed by atoms with van der Waals surface area (Å²) >= 11 is 19.8. The Morgan fingerprint density at radius 3 is 1.41 bits per heavy atom. The van der Waals surface area contributed by atoms with Gasteiger partial charge in [0.05, 0.1) is 43.8 Å². The summed E-state index contributed by atoms with van der Waals surface area (Å²) in [5, 5.41) is 21.4. The summed E-state index contributed by atoms with van der Waals surface area (Å²) in [6, 6.07) is 61.6. The van der Waals surface area contributed by atoms with Crippen molar-refractivity contribution in [1.29, 1.82) is 0 Å². The lowest BCUT2D eigenvalue weighted by Gasteiger charge is -2.31. The monoisotopic (exact) mass is 1670 g/mol. The van der Waals surface area contributed by atoms with E-state index in [4.69, 9.17) is 56.4 Å². The van der Waals surface area contributed by atoms with Crippen molar-refractivity contribution >= 4 is 98.7 Å². The van der Waals surface area contributed by atoms with Crippen molar-refractivity contribution in [3.05, 3.63) is 280 Å². The molecular formula is C92H102Br2Cl2N8O8. The van der Waals surface area contributed by atoms with Gasteiger partial charge in [-0.1, -0.05) is 152 Å². The Morgan fingerprint density at radius 2 is 0.946 bits per heavy atom. The molecule has 8 unspecified atom stereocenters. The lowest BCUT2D eigenvalue weighted by molar-refractivity contribution is 0.0433. The maximum Gasteiger partial charge on any atom is 0.137 e. The summed E-state index contributed by atoms with van der Waals surface area (Å²) in [6.07, 6.45) is 16.4. The average Bonchev–Trinajstić information content (AvgIpc) is 1.63. The quantitative estimate of drug-likeness (QED) is 0.0384. The van der Waals surface area contributed by atoms with Gasteiger partial charge in [0.1, 0.15) is 49.6 Å². The van der Waals surface area contributed by atoms with Gasteiger partial charge in [-0.2, -0.15) is 5.10 Å². The number of aromatic amines is 4. The summed E-state index contributed by atoms with van der Waals surface area (Å²) in [4.78, 5) is 20.8. The number of hydrogen-bond acceptors (Lipinski definition) is 11. The first-order valence-corrected chi connectivity index (χ1v) is 41.6. The molecule has 0 saturated carbocycles. The van der Waals surface area contributed by atoms with Crippen LogP contribution in [0.5, 0.6) is 11.5 Å². The van der Waals surface area contributed by atoms with E-state index in [-0.39, 0.29) is 36.8 Å². The molecule has 5 heterocycles. The number of ether oxygens (including phenoxy) is 7. The maximum absolute atomic E-state index is 10.5. The third-order valence-corrected chi connectivity index (χ3v) is 24.3. The average molecular weight is 1680 g/mol. The predicted molar refractivity (Wildman–Crippen MR) is 458 cm³/mol. The molecule has 4 aliphatic rings. The van der Waals surface area contributed by atoms with Crippen molar-refractivity contribution in [1.82, 2.24) is 39.6 Å². The molecule has 586 valence electrons. The molecule has 20 heteroatoms. The molecule has 0 radical (unpaired) electrons. The fraction of sp³-hybridized carbons (Fsp3) is 0.370. The van der Waals surface area contributed by atoms with Gasteiger partial charge in [0.2, 0.25) is 0 Å². The molecule has 8 aromatic carbocycles. The van der Waals surface area contributed by atoms with E-state index < -0.39 is 6.10 Å². The molecule has 0 amide bonds. The molecule has 0 fully saturated rings. The SMILES string of the molecule is COC(COc1ccc(C2CCCCc3c2[nH]c2ccc(Cl)cc32)cc1)Cn1cncn1.COC1CCc2c([nH]c3ccc(Br)cc23)C1c1ccc(C)cc1.COC1CCc2c([nH]c3ccc(Br)cc23)C1c1ccccc1.COCCN(CCOC)CC(O)COc1ccc(C2CCCCc3c2[nH]c2ccc(Cl)cc32)cc1. The lowest BCUT2D eigenvalue weighted by Crippen LogP contribution is -2.39. The number of methoxy groups -OCH3 is 5. The Morgan fingerprint density at radius 1 is 0.500 bits per heavy atom. The second kappa shape index (κ2) is 38.4. The van der Waals surface area contributed by atoms with Crippen LogP contribution >= 0.6 is 55.1 Å². The highest BCUT2D eigenvalue weighted by Gasteiger charge is 2.36. The first kappa shape index (κ1) is 80.5. The van der Waals surface area contributed by atoms with E-state index in [1.807, 2.05) is 38.5 Å². The van der Waals surface area contributed by atoms with E-state index >= 15 is 0 Å². The first-order valence-electron chi connectivity index (χ1n) is 39.3. The van der Waals surface area contributed by atoms with Crippen LogP contribution < -0.4 is 9.47 Å². The van der Waals surface area contributed by atoms with Gasteiger partial charge in [0.15, 0.2) is 0 Å². The van der Waals surface area contributed by atoms with Gasteiger partial charge in [-0.25, -0.2) is 4.98 Å². The van der Waals surface area contributed by atoms with Crippen LogP contribution in [-0.2, 0) is 55.9 Å². The van der Waals surface area contributed by atoms with Crippen molar-refractivity contribution in [2.45, 2.75) is 139 Å². The zero-order valence-electron chi connectivity index (χ0n) is 64.8. The Bertz CT molecular complexity index is 5180. The molecule has 17 rings (SSSR count). The second-order valence-electron chi connectivity index (χ2n) is 30.0. The number of hydrogen-bond donors (Lipinski definition) is 5. The van der Waals surface area contributed by atoms with E-state index in [2.05, 4.69) is 225 Å². The number of halogens is 4. The normalized spacial score (nSPS) is 18.5. The first-order chi connectivity index (χ1) is 54.7. The Labute approximate surface area is 683 Å². The number of aliphatic hydroxyl groups excluding tert-OH is 1. The van der Waals surface area contributed by atoms with Gasteiger partial charge >= 0.3 is 0 Å². The number of H-pyrrole nitrogens is 4. The van der Waals surface area contributed by atoms with Gasteiger partial charge in [-0.05, 0) is 213 Å². The number of aliphatic hydroxyl groups is 1. The number of aromatic nitrogens is 7. The fourth-order valence-corrected chi connectivity index (χ4v) is 18.3. The molecule has 13 aromatic rings. The van der Waals surface area contributed by atoms with Crippen molar-refractivity contribution in [2.24, 2.45) is 0 Å². The highest BCUT2D eigenvalue weighted by Crippen LogP contribution is 2.46. The Hall–Kier alpha value is -8.08. The molecular weight excluding hydrogens is 1580 g/mol. The van der Waals surface area contributed by atoms with E-state index in [1.165, 1.54) is 143 Å². The van der Waals surface area contributed by atoms with Crippen LogP contribution in [0, 0.1) is 6.92 Å². The topological polar surface area (TPSA) is 182 Å². The summed E-state index contributed by atoms with van der Waals surface area (Å²) in [5.74, 6) is 2.84. The van der Waals surface area contributed by atoms with Gasteiger partial charge < -0.3 is 58.2 Å². The van der Waals surface area contributed by atoms with Crippen molar-refractivity contribution < 1.29 is 38.3 Å². The van der Waals surface area contributed by atoms with E-state index in [0.29, 0.717) is 44.7 Å². The third kappa shape index (κ3) is 19.1. The number of fused-ring (bicyclic) bond motifs is 12. The number of benzene rings is 8. The Balaban J connectivity index is 0.000000126. The van der Waals surface area contributed by atoms with Crippen LogP contribution in [0.25, 0.3) is 43.6 Å². The zero-order valence-corrected chi connectivity index (χ0v) is 69.4. The van der Waals surface area contributed by atoms with E-state index in [0.717, 1.165) is 100 Å². The van der Waals surface area contributed by atoms with Crippen LogP contribution in [0.3, 0.4) is 0 Å². The minimum atomic E-state index is -0.592. The molecule has 8 atom stereocenters. The van der Waals surface area contributed by atoms with Crippen LogP contribution in [0.15, 0.2) is 198 Å².